The zero-order valence-electron chi connectivity index (χ0n) is 10.1. The lowest BCUT2D eigenvalue weighted by Gasteiger charge is -2.16. The number of nitrogens with two attached hydrogens (primary N) is 1. The van der Waals surface area contributed by atoms with E-state index in [4.69, 9.17) is 17.4 Å². The van der Waals surface area contributed by atoms with Gasteiger partial charge in [0.1, 0.15) is 5.82 Å². The summed E-state index contributed by atoms with van der Waals surface area (Å²) >= 11 is 7.28. The van der Waals surface area contributed by atoms with Gasteiger partial charge in [0.15, 0.2) is 0 Å². The van der Waals surface area contributed by atoms with Crippen LogP contribution >= 0.6 is 23.4 Å². The highest BCUT2D eigenvalue weighted by molar-refractivity contribution is 7.99. The van der Waals surface area contributed by atoms with Crippen molar-refractivity contribution >= 4 is 23.4 Å². The normalized spacial score (nSPS) is 12.4. The minimum atomic E-state index is -0.209. The molecular formula is C14H14ClFN2S. The van der Waals surface area contributed by atoms with Crippen LogP contribution < -0.4 is 11.3 Å². The molecule has 0 aromatic heterocycles. The molecule has 3 N–H and O–H groups in total. The molecule has 5 heteroatoms. The van der Waals surface area contributed by atoms with Crippen LogP contribution in [0.25, 0.3) is 0 Å². The first-order valence-electron chi connectivity index (χ1n) is 5.79. The van der Waals surface area contributed by atoms with Gasteiger partial charge in [0, 0.05) is 15.7 Å². The molecule has 2 aromatic carbocycles. The van der Waals surface area contributed by atoms with Crippen LogP contribution in [0.3, 0.4) is 0 Å². The zero-order chi connectivity index (χ0) is 13.7. The Bertz CT molecular complexity index is 533. The van der Waals surface area contributed by atoms with E-state index in [1.807, 2.05) is 30.3 Å². The molecule has 1 unspecified atom stereocenters. The van der Waals surface area contributed by atoms with Crippen molar-refractivity contribution < 1.29 is 4.39 Å². The molecule has 2 rings (SSSR count). The van der Waals surface area contributed by atoms with Crippen LogP contribution in [0, 0.1) is 5.82 Å². The van der Waals surface area contributed by atoms with E-state index in [1.165, 1.54) is 17.8 Å². The fourth-order valence-electron chi connectivity index (χ4n) is 1.67. The molecule has 19 heavy (non-hydrogen) atoms. The minimum absolute atomic E-state index is 0.0538. The Morgan fingerprint density at radius 3 is 2.47 bits per heavy atom. The topological polar surface area (TPSA) is 38.0 Å². The van der Waals surface area contributed by atoms with E-state index in [1.54, 1.807) is 12.1 Å². The molecule has 0 fully saturated rings. The summed E-state index contributed by atoms with van der Waals surface area (Å²) in [7, 11) is 0. The number of thioether (sulfide) groups is 1. The number of benzene rings is 2. The van der Waals surface area contributed by atoms with Crippen LogP contribution in [-0.2, 0) is 0 Å². The molecule has 0 spiro atoms. The maximum Gasteiger partial charge on any atom is 0.136 e. The number of hydrogen-bond donors (Lipinski definition) is 2. The van der Waals surface area contributed by atoms with Crippen molar-refractivity contribution in [3.05, 3.63) is 64.9 Å². The molecule has 0 aliphatic heterocycles. The second-order valence-corrected chi connectivity index (χ2v) is 5.51. The second kappa shape index (κ2) is 6.91. The molecule has 0 bridgehead atoms. The van der Waals surface area contributed by atoms with Gasteiger partial charge in [-0.05, 0) is 29.8 Å². The van der Waals surface area contributed by atoms with E-state index in [9.17, 15) is 4.39 Å². The third-order valence-electron chi connectivity index (χ3n) is 2.72. The average molecular weight is 297 g/mol. The summed E-state index contributed by atoms with van der Waals surface area (Å²) in [4.78, 5) is 0.622. The highest BCUT2D eigenvalue weighted by atomic mass is 35.5. The van der Waals surface area contributed by atoms with Crippen molar-refractivity contribution in [3.63, 3.8) is 0 Å². The molecule has 2 aromatic rings. The zero-order valence-corrected chi connectivity index (χ0v) is 11.7. The predicted octanol–water partition coefficient (Wildman–Crippen LogP) is 3.78. The Kier molecular flexibility index (Phi) is 5.22. The van der Waals surface area contributed by atoms with E-state index in [0.29, 0.717) is 15.7 Å². The number of rotatable bonds is 5. The fourth-order valence-corrected chi connectivity index (χ4v) is 2.81. The third-order valence-corrected chi connectivity index (χ3v) is 4.11. The largest absolute Gasteiger partial charge is 0.271 e. The molecule has 0 amide bonds. The summed E-state index contributed by atoms with van der Waals surface area (Å²) in [5.41, 5.74) is 3.76. The van der Waals surface area contributed by atoms with E-state index < -0.39 is 0 Å². The second-order valence-electron chi connectivity index (χ2n) is 4.01. The first kappa shape index (κ1) is 14.3. The Morgan fingerprint density at radius 2 is 1.84 bits per heavy atom. The quantitative estimate of drug-likeness (QED) is 0.501. The van der Waals surface area contributed by atoms with E-state index in [2.05, 4.69) is 5.43 Å². The maximum absolute atomic E-state index is 13.5. The number of nitrogens with one attached hydrogen (secondary N) is 1. The average Bonchev–Trinajstić information content (AvgIpc) is 2.43. The summed E-state index contributed by atoms with van der Waals surface area (Å²) in [6.07, 6.45) is 0. The molecular weight excluding hydrogens is 283 g/mol. The molecule has 0 radical (unpaired) electrons. The van der Waals surface area contributed by atoms with E-state index >= 15 is 0 Å². The minimum Gasteiger partial charge on any atom is -0.271 e. The summed E-state index contributed by atoms with van der Waals surface area (Å²) in [5.74, 6) is 5.98. The van der Waals surface area contributed by atoms with Crippen LogP contribution in [0.15, 0.2) is 53.4 Å². The van der Waals surface area contributed by atoms with Crippen LogP contribution in [0.1, 0.15) is 11.6 Å². The van der Waals surface area contributed by atoms with Crippen molar-refractivity contribution in [2.75, 3.05) is 5.75 Å². The van der Waals surface area contributed by atoms with Crippen LogP contribution in [-0.4, -0.2) is 5.75 Å². The summed E-state index contributed by atoms with van der Waals surface area (Å²) in [6, 6.07) is 14.1. The molecule has 100 valence electrons. The van der Waals surface area contributed by atoms with Gasteiger partial charge in [-0.2, -0.15) is 0 Å². The van der Waals surface area contributed by atoms with Gasteiger partial charge in [-0.15, -0.1) is 11.8 Å². The van der Waals surface area contributed by atoms with Crippen LogP contribution in [0.4, 0.5) is 4.39 Å². The van der Waals surface area contributed by atoms with Crippen LogP contribution in [0.5, 0.6) is 0 Å². The van der Waals surface area contributed by atoms with Gasteiger partial charge in [-0.1, -0.05) is 35.9 Å². The number of hydrazine groups is 1. The number of hydrogen-bond acceptors (Lipinski definition) is 3. The highest BCUT2D eigenvalue weighted by Gasteiger charge is 2.11. The van der Waals surface area contributed by atoms with Gasteiger partial charge in [-0.3, -0.25) is 11.3 Å². The Hall–Kier alpha value is -1.07. The van der Waals surface area contributed by atoms with Gasteiger partial charge in [0.2, 0.25) is 0 Å². The molecule has 1 atom stereocenters. The maximum atomic E-state index is 13.5. The van der Waals surface area contributed by atoms with Gasteiger partial charge in [-0.25, -0.2) is 4.39 Å². The van der Waals surface area contributed by atoms with Gasteiger partial charge >= 0.3 is 0 Å². The van der Waals surface area contributed by atoms with Crippen molar-refractivity contribution in [2.24, 2.45) is 5.84 Å². The summed E-state index contributed by atoms with van der Waals surface area (Å²) < 4.78 is 13.5. The summed E-state index contributed by atoms with van der Waals surface area (Å²) in [6.45, 7) is 0. The first-order chi connectivity index (χ1) is 9.20. The van der Waals surface area contributed by atoms with Gasteiger partial charge in [0.25, 0.3) is 0 Å². The van der Waals surface area contributed by atoms with E-state index in [0.717, 1.165) is 5.56 Å². The van der Waals surface area contributed by atoms with Crippen LogP contribution in [0.2, 0.25) is 5.02 Å². The molecule has 2 nitrogen and oxygen atoms in total. The molecule has 0 saturated heterocycles. The predicted molar refractivity (Wildman–Crippen MR) is 78.6 cm³/mol. The Balaban J connectivity index is 2.04. The molecule has 0 aliphatic carbocycles. The SMILES string of the molecule is NNC(CSc1ccccc1F)c1ccc(Cl)cc1. The van der Waals surface area contributed by atoms with Gasteiger partial charge < -0.3 is 0 Å². The standard InChI is InChI=1S/C14H14ClFN2S/c15-11-7-5-10(6-8-11)13(18-17)9-19-14-4-2-1-3-12(14)16/h1-8,13,18H,9,17H2. The Labute approximate surface area is 121 Å². The van der Waals surface area contributed by atoms with Crippen molar-refractivity contribution in [1.82, 2.24) is 5.43 Å². The Morgan fingerprint density at radius 1 is 1.16 bits per heavy atom. The first-order valence-corrected chi connectivity index (χ1v) is 7.16. The molecule has 0 saturated carbocycles. The monoisotopic (exact) mass is 296 g/mol. The molecule has 0 heterocycles. The third kappa shape index (κ3) is 3.94. The highest BCUT2D eigenvalue weighted by Crippen LogP contribution is 2.26. The lowest BCUT2D eigenvalue weighted by Crippen LogP contribution is -2.29. The van der Waals surface area contributed by atoms with Gasteiger partial charge in [0.05, 0.1) is 6.04 Å². The van der Waals surface area contributed by atoms with Crippen molar-refractivity contribution in [2.45, 2.75) is 10.9 Å². The molecule has 0 aliphatic rings. The summed E-state index contributed by atoms with van der Waals surface area (Å²) in [5, 5.41) is 0.682. The van der Waals surface area contributed by atoms with E-state index in [-0.39, 0.29) is 11.9 Å². The lowest BCUT2D eigenvalue weighted by molar-refractivity contribution is 0.596. The number of halogens is 2. The smallest absolute Gasteiger partial charge is 0.136 e. The lowest BCUT2D eigenvalue weighted by atomic mass is 10.1. The fraction of sp³-hybridized carbons (Fsp3) is 0.143. The van der Waals surface area contributed by atoms with Crippen molar-refractivity contribution in [1.29, 1.82) is 0 Å². The van der Waals surface area contributed by atoms with Crippen molar-refractivity contribution in [3.8, 4) is 0 Å².